The molecule has 0 unspecified atom stereocenters. The number of alkyl halides is 3. The molecular formula is C19H12ClF3N2O2. The summed E-state index contributed by atoms with van der Waals surface area (Å²) in [7, 11) is 0. The van der Waals surface area contributed by atoms with E-state index in [1.807, 2.05) is 0 Å². The number of hydrogen-bond donors (Lipinski definition) is 1. The van der Waals surface area contributed by atoms with Crippen molar-refractivity contribution in [3.8, 4) is 11.6 Å². The molecule has 2 aromatic carbocycles. The monoisotopic (exact) mass is 392 g/mol. The van der Waals surface area contributed by atoms with Crippen molar-refractivity contribution in [2.75, 3.05) is 5.32 Å². The van der Waals surface area contributed by atoms with Crippen molar-refractivity contribution in [3.05, 3.63) is 83.0 Å². The number of aromatic nitrogens is 1. The summed E-state index contributed by atoms with van der Waals surface area (Å²) in [4.78, 5) is 16.3. The Morgan fingerprint density at radius 2 is 1.70 bits per heavy atom. The lowest BCUT2D eigenvalue weighted by Gasteiger charge is -2.10. The normalized spacial score (nSPS) is 11.1. The summed E-state index contributed by atoms with van der Waals surface area (Å²) < 4.78 is 43.7. The van der Waals surface area contributed by atoms with Crippen LogP contribution in [0.25, 0.3) is 0 Å². The first-order chi connectivity index (χ1) is 12.8. The number of carbonyl (C=O) groups excluding carboxylic acids is 1. The Bertz CT molecular complexity index is 960. The van der Waals surface area contributed by atoms with Crippen LogP contribution in [0.3, 0.4) is 0 Å². The Morgan fingerprint density at radius 3 is 2.41 bits per heavy atom. The smallest absolute Gasteiger partial charge is 0.416 e. The van der Waals surface area contributed by atoms with Crippen LogP contribution in [0.15, 0.2) is 66.7 Å². The van der Waals surface area contributed by atoms with Gasteiger partial charge >= 0.3 is 6.18 Å². The molecule has 1 heterocycles. The molecule has 1 aromatic heterocycles. The summed E-state index contributed by atoms with van der Waals surface area (Å²) in [5.74, 6) is -0.530. The second-order valence-electron chi connectivity index (χ2n) is 5.45. The van der Waals surface area contributed by atoms with Gasteiger partial charge in [-0.15, -0.1) is 0 Å². The summed E-state index contributed by atoms with van der Waals surface area (Å²) in [5, 5.41) is 3.17. The molecular weight excluding hydrogens is 381 g/mol. The lowest BCUT2D eigenvalue weighted by atomic mass is 10.2. The summed E-state index contributed by atoms with van der Waals surface area (Å²) in [6.07, 6.45) is -4.48. The summed E-state index contributed by atoms with van der Waals surface area (Å²) in [6.45, 7) is 0. The molecule has 0 saturated heterocycles. The zero-order chi connectivity index (χ0) is 19.4. The van der Waals surface area contributed by atoms with Crippen LogP contribution in [0.2, 0.25) is 5.02 Å². The van der Waals surface area contributed by atoms with E-state index in [4.69, 9.17) is 16.3 Å². The number of pyridine rings is 1. The van der Waals surface area contributed by atoms with Gasteiger partial charge in [-0.1, -0.05) is 23.7 Å². The Morgan fingerprint density at radius 1 is 1.00 bits per heavy atom. The van der Waals surface area contributed by atoms with Crippen LogP contribution in [0.1, 0.15) is 16.1 Å². The van der Waals surface area contributed by atoms with Crippen molar-refractivity contribution in [3.63, 3.8) is 0 Å². The number of ether oxygens (including phenoxy) is 1. The second kappa shape index (κ2) is 7.67. The topological polar surface area (TPSA) is 51.2 Å². The predicted octanol–water partition coefficient (Wildman–Crippen LogP) is 5.80. The van der Waals surface area contributed by atoms with Crippen LogP contribution in [0.4, 0.5) is 18.9 Å². The average molecular weight is 393 g/mol. The van der Waals surface area contributed by atoms with E-state index in [1.54, 1.807) is 24.3 Å². The molecule has 3 rings (SSSR count). The lowest BCUT2D eigenvalue weighted by molar-refractivity contribution is -0.137. The second-order valence-corrected chi connectivity index (χ2v) is 5.89. The maximum absolute atomic E-state index is 12.8. The van der Waals surface area contributed by atoms with Gasteiger partial charge in [-0.25, -0.2) is 4.98 Å². The highest BCUT2D eigenvalue weighted by atomic mass is 35.5. The van der Waals surface area contributed by atoms with Crippen LogP contribution in [-0.4, -0.2) is 10.9 Å². The van der Waals surface area contributed by atoms with Gasteiger partial charge in [-0.2, -0.15) is 13.2 Å². The molecule has 4 nitrogen and oxygen atoms in total. The third kappa shape index (κ3) is 4.98. The number of amides is 1. The molecule has 0 saturated carbocycles. The molecule has 0 bridgehead atoms. The van der Waals surface area contributed by atoms with Gasteiger partial charge in [0.15, 0.2) is 0 Å². The van der Waals surface area contributed by atoms with Gasteiger partial charge in [0.25, 0.3) is 5.91 Å². The molecule has 1 N–H and O–H groups in total. The highest BCUT2D eigenvalue weighted by molar-refractivity contribution is 6.30. The zero-order valence-electron chi connectivity index (χ0n) is 13.6. The molecule has 0 aliphatic heterocycles. The fourth-order valence-electron chi connectivity index (χ4n) is 2.18. The molecule has 138 valence electrons. The van der Waals surface area contributed by atoms with E-state index < -0.39 is 17.6 Å². The Hall–Kier alpha value is -3.06. The van der Waals surface area contributed by atoms with Crippen molar-refractivity contribution in [2.45, 2.75) is 6.18 Å². The van der Waals surface area contributed by atoms with E-state index in [0.29, 0.717) is 10.7 Å². The maximum Gasteiger partial charge on any atom is 0.416 e. The minimum absolute atomic E-state index is 0.00178. The van der Waals surface area contributed by atoms with E-state index >= 15 is 0 Å². The number of halogens is 4. The van der Waals surface area contributed by atoms with Crippen molar-refractivity contribution < 1.29 is 22.7 Å². The van der Waals surface area contributed by atoms with E-state index in [9.17, 15) is 18.0 Å². The van der Waals surface area contributed by atoms with E-state index in [0.717, 1.165) is 12.1 Å². The fourth-order valence-corrected chi connectivity index (χ4v) is 2.31. The lowest BCUT2D eigenvalue weighted by Crippen LogP contribution is -2.13. The largest absolute Gasteiger partial charge is 0.439 e. The predicted molar refractivity (Wildman–Crippen MR) is 95.2 cm³/mol. The van der Waals surface area contributed by atoms with Gasteiger partial charge < -0.3 is 10.1 Å². The third-order valence-corrected chi connectivity index (χ3v) is 3.69. The molecule has 0 atom stereocenters. The first kappa shape index (κ1) is 18.7. The van der Waals surface area contributed by atoms with Crippen LogP contribution in [-0.2, 0) is 6.18 Å². The summed E-state index contributed by atoms with van der Waals surface area (Å²) in [6, 6.07) is 15.3. The zero-order valence-corrected chi connectivity index (χ0v) is 14.4. The number of benzene rings is 2. The van der Waals surface area contributed by atoms with Crippen LogP contribution >= 0.6 is 11.6 Å². The van der Waals surface area contributed by atoms with Crippen molar-refractivity contribution in [2.24, 2.45) is 0 Å². The number of nitrogens with zero attached hydrogens (tertiary/aromatic N) is 1. The maximum atomic E-state index is 12.8. The van der Waals surface area contributed by atoms with Crippen LogP contribution in [0.5, 0.6) is 11.6 Å². The number of hydrogen-bond acceptors (Lipinski definition) is 3. The number of rotatable bonds is 4. The Kier molecular flexibility index (Phi) is 5.32. The highest BCUT2D eigenvalue weighted by Gasteiger charge is 2.30. The van der Waals surface area contributed by atoms with Gasteiger partial charge in [-0.3, -0.25) is 4.79 Å². The van der Waals surface area contributed by atoms with Gasteiger partial charge in [0.05, 0.1) is 5.56 Å². The van der Waals surface area contributed by atoms with Crippen molar-refractivity contribution in [1.29, 1.82) is 0 Å². The minimum Gasteiger partial charge on any atom is -0.439 e. The Labute approximate surface area is 157 Å². The standard InChI is InChI=1S/C19H12ClF3N2O2/c20-13-7-9-14(10-8-13)24-18(26)16-5-2-6-17(25-16)27-15-4-1-3-12(11-15)19(21,22)23/h1-11H,(H,24,26). The van der Waals surface area contributed by atoms with E-state index in [-0.39, 0.29) is 17.3 Å². The van der Waals surface area contributed by atoms with Crippen molar-refractivity contribution in [1.82, 2.24) is 4.98 Å². The third-order valence-electron chi connectivity index (χ3n) is 3.44. The molecule has 3 aromatic rings. The summed E-state index contributed by atoms with van der Waals surface area (Å²) >= 11 is 5.79. The number of anilines is 1. The SMILES string of the molecule is O=C(Nc1ccc(Cl)cc1)c1cccc(Oc2cccc(C(F)(F)F)c2)n1. The first-order valence-corrected chi connectivity index (χ1v) is 8.08. The van der Waals surface area contributed by atoms with Crippen molar-refractivity contribution >= 4 is 23.2 Å². The molecule has 27 heavy (non-hydrogen) atoms. The first-order valence-electron chi connectivity index (χ1n) is 7.70. The summed E-state index contributed by atoms with van der Waals surface area (Å²) in [5.41, 5.74) is -0.263. The van der Waals surface area contributed by atoms with Gasteiger partial charge in [-0.05, 0) is 48.5 Å². The molecule has 0 radical (unpaired) electrons. The van der Waals surface area contributed by atoms with E-state index in [2.05, 4.69) is 10.3 Å². The molecule has 0 fully saturated rings. The highest BCUT2D eigenvalue weighted by Crippen LogP contribution is 2.32. The fraction of sp³-hybridized carbons (Fsp3) is 0.0526. The van der Waals surface area contributed by atoms with E-state index in [1.165, 1.54) is 30.3 Å². The number of carbonyl (C=O) groups is 1. The quantitative estimate of drug-likeness (QED) is 0.610. The molecule has 0 aliphatic carbocycles. The molecule has 1 amide bonds. The number of nitrogens with one attached hydrogen (secondary N) is 1. The van der Waals surface area contributed by atoms with Gasteiger partial charge in [0.1, 0.15) is 11.4 Å². The molecule has 0 aliphatic rings. The average Bonchev–Trinajstić information content (AvgIpc) is 2.63. The Balaban J connectivity index is 1.75. The van der Waals surface area contributed by atoms with Gasteiger partial charge in [0.2, 0.25) is 5.88 Å². The van der Waals surface area contributed by atoms with Gasteiger partial charge in [0, 0.05) is 16.8 Å². The van der Waals surface area contributed by atoms with Crippen LogP contribution in [0, 0.1) is 0 Å². The molecule has 8 heteroatoms. The van der Waals surface area contributed by atoms with Crippen LogP contribution < -0.4 is 10.1 Å². The minimum atomic E-state index is -4.48. The molecule has 0 spiro atoms.